The number of benzene rings is 2. The second-order valence-electron chi connectivity index (χ2n) is 5.92. The Morgan fingerprint density at radius 2 is 1.89 bits per heavy atom. The van der Waals surface area contributed by atoms with Gasteiger partial charge in [-0.3, -0.25) is 4.79 Å². The van der Waals surface area contributed by atoms with Gasteiger partial charge in [-0.05, 0) is 48.5 Å². The lowest BCUT2D eigenvalue weighted by molar-refractivity contribution is 0.102. The molecule has 136 valence electrons. The molecule has 0 bridgehead atoms. The Balaban J connectivity index is 1.68. The van der Waals surface area contributed by atoms with Crippen molar-refractivity contribution < 1.29 is 9.53 Å². The fraction of sp³-hybridized carbons (Fsp3) is 0.100. The van der Waals surface area contributed by atoms with Gasteiger partial charge in [-0.25, -0.2) is 4.98 Å². The molecular weight excluding hydrogens is 385 g/mol. The molecule has 1 aliphatic rings. The molecule has 7 heteroatoms. The number of ether oxygens (including phenoxy) is 1. The highest BCUT2D eigenvalue weighted by molar-refractivity contribution is 6.33. The van der Waals surface area contributed by atoms with Crippen LogP contribution in [0.4, 0.5) is 17.2 Å². The SMILES string of the molecule is O=C(Nc1ccc(Cl)cc1)c1cccc2c1OCCN2c1ncccc1Cl. The van der Waals surface area contributed by atoms with E-state index in [4.69, 9.17) is 27.9 Å². The molecule has 0 atom stereocenters. The average Bonchev–Trinajstić information content (AvgIpc) is 2.69. The lowest BCUT2D eigenvalue weighted by Crippen LogP contribution is -2.30. The molecule has 0 saturated carbocycles. The second-order valence-corrected chi connectivity index (χ2v) is 6.77. The van der Waals surface area contributed by atoms with Crippen LogP contribution < -0.4 is 15.0 Å². The summed E-state index contributed by atoms with van der Waals surface area (Å²) in [6, 6.07) is 15.9. The number of nitrogens with one attached hydrogen (secondary N) is 1. The summed E-state index contributed by atoms with van der Waals surface area (Å²) < 4.78 is 5.83. The van der Waals surface area contributed by atoms with Gasteiger partial charge < -0.3 is 15.0 Å². The van der Waals surface area contributed by atoms with Gasteiger partial charge in [0.2, 0.25) is 0 Å². The maximum atomic E-state index is 12.8. The predicted molar refractivity (Wildman–Crippen MR) is 108 cm³/mol. The van der Waals surface area contributed by atoms with Crippen molar-refractivity contribution in [3.63, 3.8) is 0 Å². The fourth-order valence-electron chi connectivity index (χ4n) is 2.95. The molecule has 3 aromatic rings. The van der Waals surface area contributed by atoms with E-state index in [1.54, 1.807) is 48.7 Å². The van der Waals surface area contributed by atoms with Gasteiger partial charge >= 0.3 is 0 Å². The van der Waals surface area contributed by atoms with E-state index in [9.17, 15) is 4.79 Å². The summed E-state index contributed by atoms with van der Waals surface area (Å²) in [5.41, 5.74) is 1.85. The number of rotatable bonds is 3. The number of hydrogen-bond donors (Lipinski definition) is 1. The van der Waals surface area contributed by atoms with Crippen LogP contribution in [0, 0.1) is 0 Å². The molecule has 0 fully saturated rings. The summed E-state index contributed by atoms with van der Waals surface area (Å²) >= 11 is 12.2. The van der Waals surface area contributed by atoms with Crippen molar-refractivity contribution in [2.45, 2.75) is 0 Å². The van der Waals surface area contributed by atoms with Crippen LogP contribution in [-0.2, 0) is 0 Å². The summed E-state index contributed by atoms with van der Waals surface area (Å²) in [7, 11) is 0. The molecular formula is C20H15Cl2N3O2. The molecule has 27 heavy (non-hydrogen) atoms. The maximum absolute atomic E-state index is 12.8. The van der Waals surface area contributed by atoms with Gasteiger partial charge in [0.05, 0.1) is 22.8 Å². The molecule has 1 N–H and O–H groups in total. The zero-order valence-electron chi connectivity index (χ0n) is 14.2. The summed E-state index contributed by atoms with van der Waals surface area (Å²) in [5.74, 6) is 0.888. The van der Waals surface area contributed by atoms with Crippen LogP contribution in [0.25, 0.3) is 0 Å². The van der Waals surface area contributed by atoms with Gasteiger partial charge in [-0.2, -0.15) is 0 Å². The zero-order chi connectivity index (χ0) is 18.8. The quantitative estimate of drug-likeness (QED) is 0.659. The Kier molecular flexibility index (Phi) is 4.88. The molecule has 0 aliphatic carbocycles. The van der Waals surface area contributed by atoms with E-state index in [0.717, 1.165) is 5.69 Å². The molecule has 0 radical (unpaired) electrons. The number of nitrogens with zero attached hydrogens (tertiary/aromatic N) is 2. The highest BCUT2D eigenvalue weighted by Crippen LogP contribution is 2.40. The summed E-state index contributed by atoms with van der Waals surface area (Å²) in [5, 5.41) is 4.01. The first kappa shape index (κ1) is 17.6. The Labute approximate surface area is 166 Å². The number of fused-ring (bicyclic) bond motifs is 1. The van der Waals surface area contributed by atoms with E-state index in [0.29, 0.717) is 46.0 Å². The average molecular weight is 400 g/mol. The minimum Gasteiger partial charge on any atom is -0.489 e. The number of para-hydroxylation sites is 1. The number of hydrogen-bond acceptors (Lipinski definition) is 4. The largest absolute Gasteiger partial charge is 0.489 e. The zero-order valence-corrected chi connectivity index (χ0v) is 15.7. The van der Waals surface area contributed by atoms with Gasteiger partial charge in [0.25, 0.3) is 5.91 Å². The number of amides is 1. The smallest absolute Gasteiger partial charge is 0.259 e. The van der Waals surface area contributed by atoms with Crippen LogP contribution in [0.3, 0.4) is 0 Å². The summed E-state index contributed by atoms with van der Waals surface area (Å²) in [6.07, 6.45) is 1.69. The second kappa shape index (κ2) is 7.47. The molecule has 1 aliphatic heterocycles. The molecule has 1 amide bonds. The van der Waals surface area contributed by atoms with E-state index in [2.05, 4.69) is 10.3 Å². The lowest BCUT2D eigenvalue weighted by atomic mass is 10.1. The van der Waals surface area contributed by atoms with Gasteiger partial charge in [0.1, 0.15) is 6.61 Å². The van der Waals surface area contributed by atoms with Gasteiger partial charge in [-0.15, -0.1) is 0 Å². The van der Waals surface area contributed by atoms with Crippen molar-refractivity contribution in [2.24, 2.45) is 0 Å². The molecule has 0 spiro atoms. The highest BCUT2D eigenvalue weighted by Gasteiger charge is 2.26. The Morgan fingerprint density at radius 1 is 1.07 bits per heavy atom. The Morgan fingerprint density at radius 3 is 2.67 bits per heavy atom. The van der Waals surface area contributed by atoms with E-state index >= 15 is 0 Å². The lowest BCUT2D eigenvalue weighted by Gasteiger charge is -2.31. The first-order valence-corrected chi connectivity index (χ1v) is 9.10. The van der Waals surface area contributed by atoms with Crippen LogP contribution in [0.1, 0.15) is 10.4 Å². The monoisotopic (exact) mass is 399 g/mol. The van der Waals surface area contributed by atoms with E-state index < -0.39 is 0 Å². The van der Waals surface area contributed by atoms with Gasteiger partial charge in [0.15, 0.2) is 11.6 Å². The van der Waals surface area contributed by atoms with Crippen LogP contribution in [0.2, 0.25) is 10.0 Å². The number of anilines is 3. The Hall–Kier alpha value is -2.76. The van der Waals surface area contributed by atoms with Crippen LogP contribution in [0.15, 0.2) is 60.8 Å². The first-order chi connectivity index (χ1) is 13.1. The molecule has 4 rings (SSSR count). The highest BCUT2D eigenvalue weighted by atomic mass is 35.5. The van der Waals surface area contributed by atoms with Crippen molar-refractivity contribution in [1.29, 1.82) is 0 Å². The molecule has 0 unspecified atom stereocenters. The molecule has 5 nitrogen and oxygen atoms in total. The van der Waals surface area contributed by atoms with Crippen LogP contribution >= 0.6 is 23.2 Å². The number of pyridine rings is 1. The van der Waals surface area contributed by atoms with E-state index in [1.807, 2.05) is 17.0 Å². The van der Waals surface area contributed by atoms with Crippen molar-refractivity contribution >= 4 is 46.3 Å². The number of carbonyl (C=O) groups is 1. The maximum Gasteiger partial charge on any atom is 0.259 e. The van der Waals surface area contributed by atoms with Gasteiger partial charge in [-0.1, -0.05) is 29.3 Å². The van der Waals surface area contributed by atoms with Crippen molar-refractivity contribution in [2.75, 3.05) is 23.4 Å². The third-order valence-electron chi connectivity index (χ3n) is 4.19. The van der Waals surface area contributed by atoms with E-state index in [-0.39, 0.29) is 5.91 Å². The third-order valence-corrected chi connectivity index (χ3v) is 4.73. The summed E-state index contributed by atoms with van der Waals surface area (Å²) in [6.45, 7) is 1.01. The minimum atomic E-state index is -0.261. The molecule has 2 heterocycles. The normalized spacial score (nSPS) is 12.9. The number of halogens is 2. The number of aromatic nitrogens is 1. The first-order valence-electron chi connectivity index (χ1n) is 8.34. The van der Waals surface area contributed by atoms with Crippen LogP contribution in [0.5, 0.6) is 5.75 Å². The van der Waals surface area contributed by atoms with Crippen LogP contribution in [-0.4, -0.2) is 24.0 Å². The van der Waals surface area contributed by atoms with Gasteiger partial charge in [0, 0.05) is 16.9 Å². The summed E-state index contributed by atoms with van der Waals surface area (Å²) in [4.78, 5) is 19.1. The fourth-order valence-corrected chi connectivity index (χ4v) is 3.30. The van der Waals surface area contributed by atoms with Crippen molar-refractivity contribution in [3.8, 4) is 5.75 Å². The third kappa shape index (κ3) is 3.56. The molecule has 1 aromatic heterocycles. The topological polar surface area (TPSA) is 54.5 Å². The minimum absolute atomic E-state index is 0.261. The predicted octanol–water partition coefficient (Wildman–Crippen LogP) is 5.17. The number of carbonyl (C=O) groups excluding carboxylic acids is 1. The molecule has 0 saturated heterocycles. The molecule has 2 aromatic carbocycles. The standard InChI is InChI=1S/C20H15Cl2N3O2/c21-13-6-8-14(9-7-13)24-20(26)15-3-1-5-17-18(15)27-12-11-25(17)19-16(22)4-2-10-23-19/h1-10H,11-12H2,(H,24,26). The van der Waals surface area contributed by atoms with Crippen molar-refractivity contribution in [1.82, 2.24) is 4.98 Å². The van der Waals surface area contributed by atoms with Crippen molar-refractivity contribution in [3.05, 3.63) is 76.4 Å². The van der Waals surface area contributed by atoms with E-state index in [1.165, 1.54) is 0 Å². The Bertz CT molecular complexity index is 993.